The van der Waals surface area contributed by atoms with Gasteiger partial charge in [0, 0.05) is 16.3 Å². The maximum atomic E-state index is 3.63. The average Bonchev–Trinajstić information content (AvgIpc) is 2.31. The lowest BCUT2D eigenvalue weighted by Gasteiger charge is -2.13. The van der Waals surface area contributed by atoms with Crippen LogP contribution in [0.2, 0.25) is 0 Å². The zero-order chi connectivity index (χ0) is 12.1. The van der Waals surface area contributed by atoms with Crippen molar-refractivity contribution in [2.24, 2.45) is 0 Å². The van der Waals surface area contributed by atoms with E-state index in [2.05, 4.69) is 53.3 Å². The Kier molecular flexibility index (Phi) is 15.3. The summed E-state index contributed by atoms with van der Waals surface area (Å²) in [5.41, 5.74) is 0. The molecule has 98 valence electrons. The molecular formula is C13H27BrS2. The molecule has 0 bridgehead atoms. The Morgan fingerprint density at radius 1 is 0.938 bits per heavy atom. The lowest BCUT2D eigenvalue weighted by Crippen LogP contribution is -2.09. The van der Waals surface area contributed by atoms with E-state index in [0.29, 0.717) is 0 Å². The van der Waals surface area contributed by atoms with Gasteiger partial charge in [0.25, 0.3) is 0 Å². The predicted octanol–water partition coefficient (Wildman–Crippen LogP) is 5.60. The summed E-state index contributed by atoms with van der Waals surface area (Å²) >= 11 is 7.93. The number of hydrogen-bond donors (Lipinski definition) is 0. The van der Waals surface area contributed by atoms with E-state index in [4.69, 9.17) is 0 Å². The molecular weight excluding hydrogens is 300 g/mol. The minimum Gasteiger partial charge on any atom is -0.161 e. The molecule has 0 amide bonds. The van der Waals surface area contributed by atoms with E-state index in [0.717, 1.165) is 10.6 Å². The fraction of sp³-hybridized carbons (Fsp3) is 1.00. The van der Waals surface area contributed by atoms with Gasteiger partial charge in [-0.1, -0.05) is 55.5 Å². The Labute approximate surface area is 119 Å². The molecule has 0 N–H and O–H groups in total. The van der Waals surface area contributed by atoms with Gasteiger partial charge in [-0.15, -0.1) is 0 Å². The summed E-state index contributed by atoms with van der Waals surface area (Å²) < 4.78 is 0. The Balaban J connectivity index is 3.29. The summed E-state index contributed by atoms with van der Waals surface area (Å²) in [6, 6.07) is 0. The molecule has 0 aliphatic heterocycles. The van der Waals surface area contributed by atoms with E-state index in [1.165, 1.54) is 55.8 Å². The third kappa shape index (κ3) is 11.7. The molecule has 0 radical (unpaired) electrons. The van der Waals surface area contributed by atoms with Crippen molar-refractivity contribution in [3.05, 3.63) is 0 Å². The second-order valence-corrected chi connectivity index (χ2v) is 7.34. The summed E-state index contributed by atoms with van der Waals surface area (Å²) in [7, 11) is 0. The van der Waals surface area contributed by atoms with Crippen molar-refractivity contribution in [2.45, 2.75) is 57.6 Å². The van der Waals surface area contributed by atoms with Gasteiger partial charge in [0.1, 0.15) is 0 Å². The molecule has 0 saturated heterocycles. The topological polar surface area (TPSA) is 0 Å². The van der Waals surface area contributed by atoms with Gasteiger partial charge < -0.3 is 0 Å². The normalized spacial score (nSPS) is 12.9. The van der Waals surface area contributed by atoms with Crippen LogP contribution in [0.4, 0.5) is 0 Å². The van der Waals surface area contributed by atoms with Crippen LogP contribution in [0.1, 0.15) is 52.4 Å². The third-order valence-electron chi connectivity index (χ3n) is 2.47. The van der Waals surface area contributed by atoms with Crippen LogP contribution in [0.15, 0.2) is 0 Å². The third-order valence-corrected chi connectivity index (χ3v) is 6.44. The zero-order valence-corrected chi connectivity index (χ0v) is 14.1. The number of rotatable bonds is 12. The van der Waals surface area contributed by atoms with Crippen LogP contribution in [0, 0.1) is 0 Å². The molecule has 0 aromatic rings. The van der Waals surface area contributed by atoms with Crippen LogP contribution in [0.25, 0.3) is 0 Å². The van der Waals surface area contributed by atoms with Gasteiger partial charge in [-0.3, -0.25) is 0 Å². The first-order valence-corrected chi connectivity index (χ1v) is 9.92. The van der Waals surface area contributed by atoms with Crippen molar-refractivity contribution < 1.29 is 0 Å². The van der Waals surface area contributed by atoms with Crippen molar-refractivity contribution in [3.63, 3.8) is 0 Å². The van der Waals surface area contributed by atoms with Crippen molar-refractivity contribution in [3.8, 4) is 0 Å². The highest BCUT2D eigenvalue weighted by Crippen LogP contribution is 2.21. The standard InChI is InChI=1S/C13H27BrS2/c1-3-5-7-9-15-12-13(11-14)16-10-8-6-4-2/h13H,3-12H2,1-2H3. The molecule has 16 heavy (non-hydrogen) atoms. The molecule has 0 aromatic carbocycles. The van der Waals surface area contributed by atoms with E-state index >= 15 is 0 Å². The summed E-state index contributed by atoms with van der Waals surface area (Å²) in [4.78, 5) is 0. The first-order valence-electron chi connectivity index (χ1n) is 6.60. The highest BCUT2D eigenvalue weighted by molar-refractivity contribution is 9.09. The van der Waals surface area contributed by atoms with Gasteiger partial charge in [0.05, 0.1) is 0 Å². The highest BCUT2D eigenvalue weighted by Gasteiger charge is 2.07. The average molecular weight is 327 g/mol. The highest BCUT2D eigenvalue weighted by atomic mass is 79.9. The number of unbranched alkanes of at least 4 members (excludes halogenated alkanes) is 4. The largest absolute Gasteiger partial charge is 0.161 e. The molecule has 1 unspecified atom stereocenters. The van der Waals surface area contributed by atoms with Crippen LogP contribution in [-0.2, 0) is 0 Å². The van der Waals surface area contributed by atoms with E-state index in [9.17, 15) is 0 Å². The van der Waals surface area contributed by atoms with Crippen LogP contribution in [0.5, 0.6) is 0 Å². The fourth-order valence-electron chi connectivity index (χ4n) is 1.41. The Morgan fingerprint density at radius 3 is 2.12 bits per heavy atom. The second kappa shape index (κ2) is 14.2. The summed E-state index contributed by atoms with van der Waals surface area (Å²) in [6.07, 6.45) is 8.27. The Hall–Kier alpha value is 1.18. The van der Waals surface area contributed by atoms with Crippen LogP contribution in [-0.4, -0.2) is 27.8 Å². The molecule has 0 aromatic heterocycles. The number of thioether (sulfide) groups is 2. The predicted molar refractivity (Wildman–Crippen MR) is 86.4 cm³/mol. The Bertz CT molecular complexity index is 131. The van der Waals surface area contributed by atoms with Gasteiger partial charge >= 0.3 is 0 Å². The molecule has 1 atom stereocenters. The first-order chi connectivity index (χ1) is 7.85. The minimum absolute atomic E-state index is 0.823. The quantitative estimate of drug-likeness (QED) is 0.338. The van der Waals surface area contributed by atoms with Gasteiger partial charge in [-0.2, -0.15) is 23.5 Å². The van der Waals surface area contributed by atoms with Crippen LogP contribution in [0.3, 0.4) is 0 Å². The van der Waals surface area contributed by atoms with E-state index in [-0.39, 0.29) is 0 Å². The molecule has 0 nitrogen and oxygen atoms in total. The number of hydrogen-bond acceptors (Lipinski definition) is 2. The van der Waals surface area contributed by atoms with Crippen molar-refractivity contribution in [2.75, 3.05) is 22.6 Å². The summed E-state index contributed by atoms with van der Waals surface area (Å²) in [6.45, 7) is 4.55. The molecule has 0 rings (SSSR count). The molecule has 0 heterocycles. The molecule has 0 spiro atoms. The number of halogens is 1. The Morgan fingerprint density at radius 2 is 1.56 bits per heavy atom. The van der Waals surface area contributed by atoms with Crippen LogP contribution >= 0.6 is 39.5 Å². The van der Waals surface area contributed by atoms with Crippen molar-refractivity contribution in [1.82, 2.24) is 0 Å². The van der Waals surface area contributed by atoms with Gasteiger partial charge in [-0.05, 0) is 24.3 Å². The molecule has 0 fully saturated rings. The second-order valence-electron chi connectivity index (χ2n) is 4.14. The van der Waals surface area contributed by atoms with Crippen molar-refractivity contribution >= 4 is 39.5 Å². The van der Waals surface area contributed by atoms with Crippen molar-refractivity contribution in [1.29, 1.82) is 0 Å². The monoisotopic (exact) mass is 326 g/mol. The maximum absolute atomic E-state index is 3.63. The molecule has 0 saturated carbocycles. The minimum atomic E-state index is 0.823. The fourth-order valence-corrected chi connectivity index (χ4v) is 4.92. The van der Waals surface area contributed by atoms with Gasteiger partial charge in [0.15, 0.2) is 0 Å². The smallest absolute Gasteiger partial charge is 0.0235 e. The summed E-state index contributed by atoms with van der Waals surface area (Å²) in [5, 5.41) is 1.98. The maximum Gasteiger partial charge on any atom is 0.0235 e. The van der Waals surface area contributed by atoms with E-state index in [1.54, 1.807) is 0 Å². The van der Waals surface area contributed by atoms with E-state index < -0.39 is 0 Å². The molecule has 3 heteroatoms. The lowest BCUT2D eigenvalue weighted by molar-refractivity contribution is 0.777. The molecule has 0 aliphatic carbocycles. The summed E-state index contributed by atoms with van der Waals surface area (Å²) in [5.74, 6) is 4.03. The van der Waals surface area contributed by atoms with Crippen LogP contribution < -0.4 is 0 Å². The zero-order valence-electron chi connectivity index (χ0n) is 10.8. The van der Waals surface area contributed by atoms with Gasteiger partial charge in [0.2, 0.25) is 0 Å². The first kappa shape index (κ1) is 17.2. The SMILES string of the molecule is CCCCCSCC(CBr)SCCCCC. The van der Waals surface area contributed by atoms with E-state index in [1.807, 2.05) is 0 Å². The van der Waals surface area contributed by atoms with Gasteiger partial charge in [-0.25, -0.2) is 0 Å². The number of alkyl halides is 1. The molecule has 0 aliphatic rings. The lowest BCUT2D eigenvalue weighted by atomic mass is 10.3.